The molecule has 0 aliphatic carbocycles. The van der Waals surface area contributed by atoms with E-state index in [1.54, 1.807) is 12.3 Å². The number of fused-ring (bicyclic) bond motifs is 1. The van der Waals surface area contributed by atoms with E-state index in [1.807, 2.05) is 0 Å². The molecule has 2 aliphatic heterocycles. The maximum Gasteiger partial charge on any atom is 0.270 e. The molecule has 8 heteroatoms. The van der Waals surface area contributed by atoms with E-state index in [-0.39, 0.29) is 12.5 Å². The topological polar surface area (TPSA) is 84.8 Å². The van der Waals surface area contributed by atoms with Gasteiger partial charge in [0.1, 0.15) is 5.69 Å². The highest BCUT2D eigenvalue weighted by atomic mass is 16.3. The summed E-state index contributed by atoms with van der Waals surface area (Å²) in [5.41, 5.74) is 3.06. The van der Waals surface area contributed by atoms with Crippen LogP contribution in [0.25, 0.3) is 0 Å². The average molecular weight is 453 g/mol. The number of carbonyl (C=O) groups is 1. The van der Waals surface area contributed by atoms with Crippen molar-refractivity contribution in [2.75, 3.05) is 50.7 Å². The first-order valence-electron chi connectivity index (χ1n) is 12.1. The Morgan fingerprint density at radius 3 is 2.61 bits per heavy atom. The summed E-state index contributed by atoms with van der Waals surface area (Å²) in [6.45, 7) is 10.5. The Balaban J connectivity index is 1.27. The maximum atomic E-state index is 12.7. The van der Waals surface area contributed by atoms with Crippen LogP contribution in [-0.2, 0) is 13.0 Å². The number of nitrogens with zero attached hydrogens (tertiary/aromatic N) is 5. The number of hydrogen-bond donors (Lipinski definition) is 2. The van der Waals surface area contributed by atoms with Crippen LogP contribution < -0.4 is 10.2 Å². The first kappa shape index (κ1) is 23.6. The van der Waals surface area contributed by atoms with Gasteiger partial charge in [0.25, 0.3) is 5.91 Å². The first-order valence-corrected chi connectivity index (χ1v) is 12.1. The monoisotopic (exact) mass is 452 g/mol. The van der Waals surface area contributed by atoms with Gasteiger partial charge in [-0.1, -0.05) is 24.3 Å². The van der Waals surface area contributed by atoms with Crippen LogP contribution in [0.1, 0.15) is 41.9 Å². The molecule has 2 aromatic rings. The Morgan fingerprint density at radius 1 is 1.09 bits per heavy atom. The van der Waals surface area contributed by atoms with E-state index in [0.29, 0.717) is 24.2 Å². The third-order valence-corrected chi connectivity index (χ3v) is 6.60. The Kier molecular flexibility index (Phi) is 7.90. The van der Waals surface area contributed by atoms with Gasteiger partial charge in [0, 0.05) is 58.1 Å². The predicted octanol–water partition coefficient (Wildman–Crippen LogP) is 1.55. The molecule has 0 saturated carbocycles. The van der Waals surface area contributed by atoms with Gasteiger partial charge in [0.05, 0.1) is 6.10 Å². The summed E-state index contributed by atoms with van der Waals surface area (Å²) in [6, 6.07) is 10.7. The molecule has 1 atom stereocenters. The van der Waals surface area contributed by atoms with Gasteiger partial charge in [0.15, 0.2) is 0 Å². The van der Waals surface area contributed by atoms with Crippen molar-refractivity contribution < 1.29 is 9.90 Å². The van der Waals surface area contributed by atoms with Gasteiger partial charge in [-0.2, -0.15) is 0 Å². The van der Waals surface area contributed by atoms with Crippen LogP contribution in [0.3, 0.4) is 0 Å². The number of β-amino-alcohol motifs (C(OH)–C–C–N with tert-alkyl or cyclic N) is 1. The standard InChI is InChI=1S/C25H36N6O2/c1-19(2)30-12-14-31(15-13-30)25-26-10-9-23(28-25)24(33)27-16-22(32)18-29-11-5-8-20-6-3-4-7-21(20)17-29/h3-4,6-7,9-10,19,22,32H,5,8,11-18H2,1-2H3,(H,27,33)/t22-/m0/s1. The van der Waals surface area contributed by atoms with Crippen molar-refractivity contribution in [1.29, 1.82) is 0 Å². The third-order valence-electron chi connectivity index (χ3n) is 6.60. The largest absolute Gasteiger partial charge is 0.390 e. The minimum atomic E-state index is -0.635. The van der Waals surface area contributed by atoms with Gasteiger partial charge in [-0.15, -0.1) is 0 Å². The molecule has 4 rings (SSSR count). The molecule has 8 nitrogen and oxygen atoms in total. The number of benzene rings is 1. The van der Waals surface area contributed by atoms with Crippen molar-refractivity contribution in [3.63, 3.8) is 0 Å². The van der Waals surface area contributed by atoms with Gasteiger partial charge in [0.2, 0.25) is 5.95 Å². The summed E-state index contributed by atoms with van der Waals surface area (Å²) in [4.78, 5) is 28.4. The lowest BCUT2D eigenvalue weighted by atomic mass is 10.0. The molecule has 0 spiro atoms. The molecular formula is C25H36N6O2. The fraction of sp³-hybridized carbons (Fsp3) is 0.560. The summed E-state index contributed by atoms with van der Waals surface area (Å²) in [6.07, 6.45) is 3.15. The van der Waals surface area contributed by atoms with Gasteiger partial charge in [-0.05, 0) is 50.4 Å². The summed E-state index contributed by atoms with van der Waals surface area (Å²) in [5.74, 6) is 0.314. The average Bonchev–Trinajstić information content (AvgIpc) is 3.04. The molecule has 178 valence electrons. The lowest BCUT2D eigenvalue weighted by molar-refractivity contribution is 0.0847. The number of aromatic nitrogens is 2. The van der Waals surface area contributed by atoms with E-state index < -0.39 is 6.10 Å². The predicted molar refractivity (Wildman–Crippen MR) is 129 cm³/mol. The van der Waals surface area contributed by atoms with E-state index >= 15 is 0 Å². The van der Waals surface area contributed by atoms with Crippen LogP contribution >= 0.6 is 0 Å². The summed E-state index contributed by atoms with van der Waals surface area (Å²) < 4.78 is 0. The van der Waals surface area contributed by atoms with E-state index in [4.69, 9.17) is 0 Å². The van der Waals surface area contributed by atoms with E-state index in [0.717, 1.165) is 52.1 Å². The zero-order valence-corrected chi connectivity index (χ0v) is 19.8. The number of rotatable bonds is 7. The fourth-order valence-electron chi connectivity index (χ4n) is 4.65. The molecule has 1 aromatic heterocycles. The molecule has 2 N–H and O–H groups in total. The molecule has 0 unspecified atom stereocenters. The van der Waals surface area contributed by atoms with Crippen LogP contribution in [0.4, 0.5) is 5.95 Å². The quantitative estimate of drug-likeness (QED) is 0.659. The third kappa shape index (κ3) is 6.28. The number of carbonyl (C=O) groups excluding carboxylic acids is 1. The van der Waals surface area contributed by atoms with Crippen molar-refractivity contribution in [2.45, 2.75) is 45.4 Å². The van der Waals surface area contributed by atoms with Crippen LogP contribution in [-0.4, -0.2) is 88.7 Å². The second kappa shape index (κ2) is 11.0. The Labute approximate surface area is 196 Å². The number of aliphatic hydroxyl groups excluding tert-OH is 1. The Hall–Kier alpha value is -2.55. The number of aryl methyl sites for hydroxylation is 1. The van der Waals surface area contributed by atoms with Crippen molar-refractivity contribution >= 4 is 11.9 Å². The Morgan fingerprint density at radius 2 is 1.85 bits per heavy atom. The van der Waals surface area contributed by atoms with E-state index in [9.17, 15) is 9.90 Å². The lowest BCUT2D eigenvalue weighted by Crippen LogP contribution is -2.49. The van der Waals surface area contributed by atoms with Gasteiger partial charge in [-0.3, -0.25) is 14.6 Å². The summed E-state index contributed by atoms with van der Waals surface area (Å²) >= 11 is 0. The van der Waals surface area contributed by atoms with Crippen molar-refractivity contribution in [1.82, 2.24) is 25.1 Å². The molecular weight excluding hydrogens is 416 g/mol. The molecule has 1 aromatic carbocycles. The second-order valence-electron chi connectivity index (χ2n) is 9.33. The zero-order valence-electron chi connectivity index (χ0n) is 19.8. The molecule has 33 heavy (non-hydrogen) atoms. The highest BCUT2D eigenvalue weighted by Gasteiger charge is 2.22. The van der Waals surface area contributed by atoms with Gasteiger partial charge < -0.3 is 15.3 Å². The molecule has 3 heterocycles. The van der Waals surface area contributed by atoms with Crippen molar-refractivity contribution in [3.8, 4) is 0 Å². The Bertz CT molecular complexity index is 929. The highest BCUT2D eigenvalue weighted by molar-refractivity contribution is 5.92. The minimum Gasteiger partial charge on any atom is -0.390 e. The molecule has 0 bridgehead atoms. The zero-order chi connectivity index (χ0) is 23.2. The van der Waals surface area contributed by atoms with Crippen molar-refractivity contribution in [2.24, 2.45) is 0 Å². The fourth-order valence-corrected chi connectivity index (χ4v) is 4.65. The number of anilines is 1. The maximum absolute atomic E-state index is 12.7. The highest BCUT2D eigenvalue weighted by Crippen LogP contribution is 2.18. The first-order chi connectivity index (χ1) is 16.0. The molecule has 0 radical (unpaired) electrons. The second-order valence-corrected chi connectivity index (χ2v) is 9.33. The number of amides is 1. The smallest absolute Gasteiger partial charge is 0.270 e. The SMILES string of the molecule is CC(C)N1CCN(c2nccc(C(=O)NC[C@H](O)CN3CCCc4ccccc4C3)n2)CC1. The van der Waals surface area contributed by atoms with Crippen LogP contribution in [0.2, 0.25) is 0 Å². The molecule has 1 amide bonds. The molecule has 2 aliphatic rings. The minimum absolute atomic E-state index is 0.198. The van der Waals surface area contributed by atoms with E-state index in [1.165, 1.54) is 11.1 Å². The summed E-state index contributed by atoms with van der Waals surface area (Å²) in [7, 11) is 0. The van der Waals surface area contributed by atoms with Crippen LogP contribution in [0.5, 0.6) is 0 Å². The number of nitrogens with one attached hydrogen (secondary N) is 1. The number of aliphatic hydroxyl groups is 1. The summed E-state index contributed by atoms with van der Waals surface area (Å²) in [5, 5.41) is 13.4. The van der Waals surface area contributed by atoms with Crippen LogP contribution in [0, 0.1) is 0 Å². The normalized spacial score (nSPS) is 18.6. The van der Waals surface area contributed by atoms with Crippen LogP contribution in [0.15, 0.2) is 36.5 Å². The van der Waals surface area contributed by atoms with Crippen molar-refractivity contribution in [3.05, 3.63) is 53.3 Å². The number of piperazine rings is 1. The number of hydrogen-bond acceptors (Lipinski definition) is 7. The molecule has 1 fully saturated rings. The molecule has 1 saturated heterocycles. The van der Waals surface area contributed by atoms with E-state index in [2.05, 4.69) is 68.1 Å². The lowest BCUT2D eigenvalue weighted by Gasteiger charge is -2.36. The van der Waals surface area contributed by atoms with Gasteiger partial charge in [-0.25, -0.2) is 9.97 Å². The van der Waals surface area contributed by atoms with Gasteiger partial charge >= 0.3 is 0 Å².